The van der Waals surface area contributed by atoms with Crippen LogP contribution >= 0.6 is 11.6 Å². The number of ether oxygens (including phenoxy) is 1. The van der Waals surface area contributed by atoms with Crippen LogP contribution in [0.25, 0.3) is 0 Å². The molecule has 6 heteroatoms. The minimum atomic E-state index is -0.565. The topological polar surface area (TPSA) is 72.5 Å². The maximum atomic E-state index is 12.3. The summed E-state index contributed by atoms with van der Waals surface area (Å²) in [6.45, 7) is 1.44. The van der Waals surface area contributed by atoms with Gasteiger partial charge in [0.1, 0.15) is 0 Å². The van der Waals surface area contributed by atoms with Gasteiger partial charge in [-0.25, -0.2) is 0 Å². The molecule has 1 atom stereocenters. The van der Waals surface area contributed by atoms with Gasteiger partial charge in [0, 0.05) is 17.0 Å². The second-order valence-corrected chi connectivity index (χ2v) is 7.70. The van der Waals surface area contributed by atoms with Gasteiger partial charge in [-0.1, -0.05) is 35.9 Å². The number of fused-ring (bicyclic) bond motifs is 1. The summed E-state index contributed by atoms with van der Waals surface area (Å²) >= 11 is 5.95. The zero-order valence-corrected chi connectivity index (χ0v) is 17.1. The number of carbonyl (C=O) groups is 3. The fourth-order valence-electron chi connectivity index (χ4n) is 3.47. The average molecular weight is 414 g/mol. The summed E-state index contributed by atoms with van der Waals surface area (Å²) in [5, 5.41) is 3.34. The molecular weight excluding hydrogens is 390 g/mol. The van der Waals surface area contributed by atoms with Crippen molar-refractivity contribution in [2.45, 2.75) is 45.1 Å². The van der Waals surface area contributed by atoms with Crippen LogP contribution in [-0.4, -0.2) is 24.3 Å². The van der Waals surface area contributed by atoms with Gasteiger partial charge in [0.2, 0.25) is 0 Å². The molecule has 0 saturated heterocycles. The number of nitrogens with one attached hydrogen (secondary N) is 1. The summed E-state index contributed by atoms with van der Waals surface area (Å²) in [5.74, 6) is -1.06. The third-order valence-electron chi connectivity index (χ3n) is 5.07. The molecule has 0 unspecified atom stereocenters. The van der Waals surface area contributed by atoms with Crippen molar-refractivity contribution in [3.8, 4) is 0 Å². The molecule has 1 aliphatic carbocycles. The molecule has 2 aromatic rings. The van der Waals surface area contributed by atoms with Crippen molar-refractivity contribution >= 4 is 29.3 Å². The highest BCUT2D eigenvalue weighted by molar-refractivity contribution is 6.30. The van der Waals surface area contributed by atoms with Crippen molar-refractivity contribution < 1.29 is 19.1 Å². The van der Waals surface area contributed by atoms with Crippen molar-refractivity contribution in [3.63, 3.8) is 0 Å². The van der Waals surface area contributed by atoms with E-state index in [1.165, 1.54) is 11.1 Å². The van der Waals surface area contributed by atoms with E-state index >= 15 is 0 Å². The first-order valence-corrected chi connectivity index (χ1v) is 10.2. The number of rotatable bonds is 8. The standard InChI is InChI=1S/C23H24ClNO4/c1-15(17-5-3-7-20(24)13-17)25-22(27)14-29-23(28)11-10-21(26)19-9-8-16-4-2-6-18(16)12-19/h3,5,7-9,12-13,15H,2,4,6,10-11,14H2,1H3,(H,25,27)/t15-/m0/s1. The highest BCUT2D eigenvalue weighted by atomic mass is 35.5. The number of benzene rings is 2. The van der Waals surface area contributed by atoms with Crippen LogP contribution in [0.2, 0.25) is 5.02 Å². The van der Waals surface area contributed by atoms with E-state index in [4.69, 9.17) is 16.3 Å². The van der Waals surface area contributed by atoms with Crippen LogP contribution in [0, 0.1) is 0 Å². The summed E-state index contributed by atoms with van der Waals surface area (Å²) < 4.78 is 5.00. The number of Topliss-reactive ketones (excluding diaryl/α,β-unsaturated/α-hetero) is 1. The van der Waals surface area contributed by atoms with Gasteiger partial charge in [-0.2, -0.15) is 0 Å². The lowest BCUT2D eigenvalue weighted by Crippen LogP contribution is -2.31. The lowest BCUT2D eigenvalue weighted by molar-refractivity contribution is -0.148. The van der Waals surface area contributed by atoms with Gasteiger partial charge in [0.15, 0.2) is 12.4 Å². The van der Waals surface area contributed by atoms with Crippen LogP contribution in [0.1, 0.15) is 59.3 Å². The number of amides is 1. The molecule has 1 N–H and O–H groups in total. The summed E-state index contributed by atoms with van der Waals surface area (Å²) in [7, 11) is 0. The number of halogens is 1. The Hall–Kier alpha value is -2.66. The molecule has 3 rings (SSSR count). The molecule has 0 spiro atoms. The Morgan fingerprint density at radius 2 is 1.86 bits per heavy atom. The van der Waals surface area contributed by atoms with Gasteiger partial charge in [0.05, 0.1) is 12.5 Å². The van der Waals surface area contributed by atoms with Crippen molar-refractivity contribution in [1.82, 2.24) is 5.32 Å². The Balaban J connectivity index is 1.40. The molecule has 0 bridgehead atoms. The molecule has 0 radical (unpaired) electrons. The normalized spacial score (nSPS) is 13.4. The quantitative estimate of drug-likeness (QED) is 0.519. The third-order valence-corrected chi connectivity index (χ3v) is 5.30. The minimum Gasteiger partial charge on any atom is -0.456 e. The zero-order valence-electron chi connectivity index (χ0n) is 16.4. The molecule has 29 heavy (non-hydrogen) atoms. The van der Waals surface area contributed by atoms with E-state index in [0.717, 1.165) is 24.8 Å². The smallest absolute Gasteiger partial charge is 0.306 e. The van der Waals surface area contributed by atoms with E-state index in [0.29, 0.717) is 10.6 Å². The Labute approximate surface area is 175 Å². The molecule has 0 aromatic heterocycles. The first-order valence-electron chi connectivity index (χ1n) is 9.78. The van der Waals surface area contributed by atoms with Gasteiger partial charge in [0.25, 0.3) is 5.91 Å². The number of esters is 1. The van der Waals surface area contributed by atoms with Crippen molar-refractivity contribution in [2.24, 2.45) is 0 Å². The van der Waals surface area contributed by atoms with Crippen LogP contribution in [0.3, 0.4) is 0 Å². The molecule has 2 aromatic carbocycles. The van der Waals surface area contributed by atoms with Crippen LogP contribution in [0.4, 0.5) is 0 Å². The molecule has 1 aliphatic rings. The Bertz CT molecular complexity index is 925. The average Bonchev–Trinajstić information content (AvgIpc) is 3.18. The number of ketones is 1. The first-order chi connectivity index (χ1) is 13.9. The fraction of sp³-hybridized carbons (Fsp3) is 0.348. The maximum Gasteiger partial charge on any atom is 0.306 e. The molecule has 0 fully saturated rings. The maximum absolute atomic E-state index is 12.3. The zero-order chi connectivity index (χ0) is 20.8. The molecule has 1 amide bonds. The van der Waals surface area contributed by atoms with E-state index in [1.54, 1.807) is 18.2 Å². The third kappa shape index (κ3) is 5.91. The second kappa shape index (κ2) is 9.70. The second-order valence-electron chi connectivity index (χ2n) is 7.27. The van der Waals surface area contributed by atoms with E-state index in [9.17, 15) is 14.4 Å². The first kappa shape index (κ1) is 21.1. The predicted molar refractivity (Wildman–Crippen MR) is 111 cm³/mol. The van der Waals surface area contributed by atoms with E-state index < -0.39 is 11.9 Å². The van der Waals surface area contributed by atoms with E-state index in [2.05, 4.69) is 5.32 Å². The highest BCUT2D eigenvalue weighted by Crippen LogP contribution is 2.23. The molecule has 5 nitrogen and oxygen atoms in total. The van der Waals surface area contributed by atoms with Crippen LogP contribution in [0.5, 0.6) is 0 Å². The lowest BCUT2D eigenvalue weighted by atomic mass is 10.0. The molecule has 0 saturated carbocycles. The molecule has 0 heterocycles. The van der Waals surface area contributed by atoms with Gasteiger partial charge in [-0.15, -0.1) is 0 Å². The van der Waals surface area contributed by atoms with Gasteiger partial charge in [-0.05, 0) is 61.1 Å². The van der Waals surface area contributed by atoms with Gasteiger partial charge >= 0.3 is 5.97 Å². The Morgan fingerprint density at radius 3 is 2.66 bits per heavy atom. The largest absolute Gasteiger partial charge is 0.456 e. The fourth-order valence-corrected chi connectivity index (χ4v) is 3.66. The minimum absolute atomic E-state index is 0.0486. The van der Waals surface area contributed by atoms with Gasteiger partial charge < -0.3 is 10.1 Å². The van der Waals surface area contributed by atoms with Crippen molar-refractivity contribution in [2.75, 3.05) is 6.61 Å². The molecule has 0 aliphatic heterocycles. The lowest BCUT2D eigenvalue weighted by Gasteiger charge is -2.14. The SMILES string of the molecule is C[C@H](NC(=O)COC(=O)CCC(=O)c1ccc2c(c1)CCC2)c1cccc(Cl)c1. The van der Waals surface area contributed by atoms with E-state index in [1.807, 2.05) is 31.2 Å². The van der Waals surface area contributed by atoms with Crippen molar-refractivity contribution in [3.05, 3.63) is 69.7 Å². The number of aryl methyl sites for hydroxylation is 2. The highest BCUT2D eigenvalue weighted by Gasteiger charge is 2.16. The summed E-state index contributed by atoms with van der Waals surface area (Å²) in [5.41, 5.74) is 4.02. The number of hydrogen-bond donors (Lipinski definition) is 1. The summed E-state index contributed by atoms with van der Waals surface area (Å²) in [6.07, 6.45) is 3.21. The number of carbonyl (C=O) groups excluding carboxylic acids is 3. The Kier molecular flexibility index (Phi) is 7.04. The van der Waals surface area contributed by atoms with Crippen LogP contribution in [-0.2, 0) is 27.2 Å². The number of hydrogen-bond acceptors (Lipinski definition) is 4. The Morgan fingerprint density at radius 1 is 1.07 bits per heavy atom. The summed E-state index contributed by atoms with van der Waals surface area (Å²) in [6, 6.07) is 12.7. The monoisotopic (exact) mass is 413 g/mol. The predicted octanol–water partition coefficient (Wildman–Crippen LogP) is 4.21. The van der Waals surface area contributed by atoms with E-state index in [-0.39, 0.29) is 31.3 Å². The van der Waals surface area contributed by atoms with Crippen LogP contribution < -0.4 is 5.32 Å². The van der Waals surface area contributed by atoms with Crippen LogP contribution in [0.15, 0.2) is 42.5 Å². The summed E-state index contributed by atoms with van der Waals surface area (Å²) in [4.78, 5) is 36.2. The van der Waals surface area contributed by atoms with Gasteiger partial charge in [-0.3, -0.25) is 14.4 Å². The molecule has 152 valence electrons. The molecular formula is C23H24ClNO4. The van der Waals surface area contributed by atoms with Crippen molar-refractivity contribution in [1.29, 1.82) is 0 Å².